The number of nitrogens with zero attached hydrogens (tertiary/aromatic N) is 1. The molecule has 1 N–H and O–H groups in total. The first-order chi connectivity index (χ1) is 12.9. The van der Waals surface area contributed by atoms with Gasteiger partial charge in [0.2, 0.25) is 11.8 Å². The van der Waals surface area contributed by atoms with Crippen molar-refractivity contribution in [2.45, 2.75) is 20.3 Å². The minimum absolute atomic E-state index is 0.0403. The van der Waals surface area contributed by atoms with Crippen LogP contribution in [0.5, 0.6) is 11.5 Å². The van der Waals surface area contributed by atoms with Crippen LogP contribution in [0.15, 0.2) is 36.4 Å². The quantitative estimate of drug-likeness (QED) is 0.879. The molecule has 3 rings (SSSR count). The van der Waals surface area contributed by atoms with Gasteiger partial charge in [-0.1, -0.05) is 12.1 Å². The number of methoxy groups -OCH3 is 2. The highest BCUT2D eigenvalue weighted by Gasteiger charge is 2.36. The number of carbonyl (C=O) groups excluding carboxylic acids is 2. The number of benzene rings is 2. The third-order valence-corrected chi connectivity index (χ3v) is 5.03. The summed E-state index contributed by atoms with van der Waals surface area (Å²) in [4.78, 5) is 27.0. The third-order valence-electron chi connectivity index (χ3n) is 5.03. The molecule has 6 nitrogen and oxygen atoms in total. The maximum Gasteiger partial charge on any atom is 0.229 e. The molecule has 0 saturated carbocycles. The van der Waals surface area contributed by atoms with Gasteiger partial charge >= 0.3 is 0 Å². The van der Waals surface area contributed by atoms with Crippen LogP contribution in [0, 0.1) is 19.8 Å². The topological polar surface area (TPSA) is 67.9 Å². The van der Waals surface area contributed by atoms with E-state index in [1.54, 1.807) is 37.3 Å². The average molecular weight is 368 g/mol. The number of rotatable bonds is 5. The Kier molecular flexibility index (Phi) is 5.35. The molecule has 2 aromatic carbocycles. The minimum atomic E-state index is -0.423. The van der Waals surface area contributed by atoms with Crippen LogP contribution in [-0.4, -0.2) is 32.6 Å². The van der Waals surface area contributed by atoms with Crippen molar-refractivity contribution in [3.8, 4) is 11.5 Å². The normalized spacial score (nSPS) is 16.4. The summed E-state index contributed by atoms with van der Waals surface area (Å²) < 4.78 is 10.5. The van der Waals surface area contributed by atoms with E-state index in [1.807, 2.05) is 32.0 Å². The molecule has 0 bridgehead atoms. The van der Waals surface area contributed by atoms with Gasteiger partial charge < -0.3 is 19.7 Å². The number of ether oxygens (including phenoxy) is 2. The van der Waals surface area contributed by atoms with E-state index in [4.69, 9.17) is 9.47 Å². The molecule has 0 unspecified atom stereocenters. The predicted molar refractivity (Wildman–Crippen MR) is 105 cm³/mol. The van der Waals surface area contributed by atoms with Gasteiger partial charge in [-0.05, 0) is 43.2 Å². The van der Waals surface area contributed by atoms with Crippen molar-refractivity contribution >= 4 is 23.2 Å². The van der Waals surface area contributed by atoms with Crippen LogP contribution in [0.2, 0.25) is 0 Å². The lowest BCUT2D eigenvalue weighted by Crippen LogP contribution is -2.28. The molecule has 0 radical (unpaired) electrons. The molecule has 2 aromatic rings. The third kappa shape index (κ3) is 3.74. The second-order valence-electron chi connectivity index (χ2n) is 6.68. The van der Waals surface area contributed by atoms with Gasteiger partial charge in [0.1, 0.15) is 11.5 Å². The molecule has 1 atom stereocenters. The fourth-order valence-electron chi connectivity index (χ4n) is 3.29. The summed E-state index contributed by atoms with van der Waals surface area (Å²) in [6.45, 7) is 4.37. The van der Waals surface area contributed by atoms with E-state index in [9.17, 15) is 9.59 Å². The summed E-state index contributed by atoms with van der Waals surface area (Å²) in [6, 6.07) is 11.1. The summed E-state index contributed by atoms with van der Waals surface area (Å²) in [6.07, 6.45) is 0.186. The average Bonchev–Trinajstić information content (AvgIpc) is 3.05. The largest absolute Gasteiger partial charge is 0.497 e. The number of amides is 2. The molecule has 6 heteroatoms. The molecule has 1 fully saturated rings. The number of carbonyl (C=O) groups is 2. The minimum Gasteiger partial charge on any atom is -0.497 e. The van der Waals surface area contributed by atoms with Crippen molar-refractivity contribution in [3.05, 3.63) is 47.5 Å². The molecule has 1 aliphatic rings. The van der Waals surface area contributed by atoms with E-state index >= 15 is 0 Å². The Bertz CT molecular complexity index is 878. The van der Waals surface area contributed by atoms with E-state index in [2.05, 4.69) is 5.32 Å². The fourth-order valence-corrected chi connectivity index (χ4v) is 3.29. The molecular formula is C21H24N2O4. The molecule has 1 saturated heterocycles. The van der Waals surface area contributed by atoms with E-state index in [1.165, 1.54) is 0 Å². The van der Waals surface area contributed by atoms with Crippen LogP contribution in [0.1, 0.15) is 17.5 Å². The Morgan fingerprint density at radius 2 is 1.93 bits per heavy atom. The number of aryl methyl sites for hydroxylation is 1. The molecular weight excluding hydrogens is 344 g/mol. The second-order valence-corrected chi connectivity index (χ2v) is 6.68. The molecule has 0 spiro atoms. The zero-order valence-corrected chi connectivity index (χ0v) is 16.0. The number of hydrogen-bond donors (Lipinski definition) is 1. The number of nitrogens with one attached hydrogen (secondary N) is 1. The Labute approximate surface area is 159 Å². The first-order valence-electron chi connectivity index (χ1n) is 8.84. The van der Waals surface area contributed by atoms with Crippen LogP contribution in [0.4, 0.5) is 11.4 Å². The Morgan fingerprint density at radius 3 is 2.63 bits per heavy atom. The molecule has 27 heavy (non-hydrogen) atoms. The van der Waals surface area contributed by atoms with Gasteiger partial charge in [0.05, 0.1) is 25.8 Å². The monoisotopic (exact) mass is 368 g/mol. The van der Waals surface area contributed by atoms with Gasteiger partial charge in [-0.3, -0.25) is 9.59 Å². The highest BCUT2D eigenvalue weighted by molar-refractivity contribution is 6.04. The number of hydrogen-bond acceptors (Lipinski definition) is 4. The summed E-state index contributed by atoms with van der Waals surface area (Å²) in [5.41, 5.74) is 3.57. The standard InChI is InChI=1S/C21H24N2O4/c1-13-6-5-7-18(14(13)2)23-12-15(10-20(23)24)21(25)22-17-11-16(26-3)8-9-19(17)27-4/h5-9,11,15H,10,12H2,1-4H3,(H,22,25)/t15-/m1/s1. The molecule has 1 aliphatic heterocycles. The summed E-state index contributed by atoms with van der Waals surface area (Å²) in [5, 5.41) is 2.87. The van der Waals surface area contributed by atoms with Crippen molar-refractivity contribution < 1.29 is 19.1 Å². The van der Waals surface area contributed by atoms with Gasteiger partial charge in [-0.2, -0.15) is 0 Å². The van der Waals surface area contributed by atoms with Gasteiger partial charge in [0.25, 0.3) is 0 Å². The molecule has 0 aromatic heterocycles. The predicted octanol–water partition coefficient (Wildman–Crippen LogP) is 3.31. The van der Waals surface area contributed by atoms with E-state index in [0.29, 0.717) is 23.7 Å². The van der Waals surface area contributed by atoms with Crippen LogP contribution in [0.25, 0.3) is 0 Å². The highest BCUT2D eigenvalue weighted by atomic mass is 16.5. The Hall–Kier alpha value is -3.02. The lowest BCUT2D eigenvalue weighted by Gasteiger charge is -2.20. The molecule has 0 aliphatic carbocycles. The zero-order valence-electron chi connectivity index (χ0n) is 16.0. The van der Waals surface area contributed by atoms with E-state index in [-0.39, 0.29) is 18.2 Å². The van der Waals surface area contributed by atoms with Crippen LogP contribution in [-0.2, 0) is 9.59 Å². The summed E-state index contributed by atoms with van der Waals surface area (Å²) in [7, 11) is 3.10. The maximum atomic E-state index is 12.8. The highest BCUT2D eigenvalue weighted by Crippen LogP contribution is 2.32. The molecule has 2 amide bonds. The fraction of sp³-hybridized carbons (Fsp3) is 0.333. The Balaban J connectivity index is 1.78. The van der Waals surface area contributed by atoms with Crippen LogP contribution >= 0.6 is 0 Å². The van der Waals surface area contributed by atoms with Crippen molar-refractivity contribution in [2.75, 3.05) is 31.0 Å². The van der Waals surface area contributed by atoms with Gasteiger partial charge in [0.15, 0.2) is 0 Å². The first-order valence-corrected chi connectivity index (χ1v) is 8.84. The molecule has 1 heterocycles. The first kappa shape index (κ1) is 18.8. The maximum absolute atomic E-state index is 12.8. The van der Waals surface area contributed by atoms with Crippen molar-refractivity contribution in [1.82, 2.24) is 0 Å². The lowest BCUT2D eigenvalue weighted by atomic mass is 10.1. The summed E-state index contributed by atoms with van der Waals surface area (Å²) >= 11 is 0. The smallest absolute Gasteiger partial charge is 0.229 e. The van der Waals surface area contributed by atoms with Crippen molar-refractivity contribution in [1.29, 1.82) is 0 Å². The SMILES string of the molecule is COc1ccc(OC)c(NC(=O)[C@@H]2CC(=O)N(c3cccc(C)c3C)C2)c1. The van der Waals surface area contributed by atoms with Gasteiger partial charge in [0, 0.05) is 24.7 Å². The van der Waals surface area contributed by atoms with Gasteiger partial charge in [-0.25, -0.2) is 0 Å². The van der Waals surface area contributed by atoms with E-state index < -0.39 is 5.92 Å². The molecule has 142 valence electrons. The van der Waals surface area contributed by atoms with Gasteiger partial charge in [-0.15, -0.1) is 0 Å². The van der Waals surface area contributed by atoms with Crippen molar-refractivity contribution in [2.24, 2.45) is 5.92 Å². The lowest BCUT2D eigenvalue weighted by molar-refractivity contribution is -0.122. The van der Waals surface area contributed by atoms with Crippen molar-refractivity contribution in [3.63, 3.8) is 0 Å². The number of anilines is 2. The van der Waals surface area contributed by atoms with Crippen LogP contribution in [0.3, 0.4) is 0 Å². The van der Waals surface area contributed by atoms with Crippen LogP contribution < -0.4 is 19.7 Å². The Morgan fingerprint density at radius 1 is 1.15 bits per heavy atom. The zero-order chi connectivity index (χ0) is 19.6. The summed E-state index contributed by atoms with van der Waals surface area (Å²) in [5.74, 6) is 0.489. The second kappa shape index (κ2) is 7.70. The van der Waals surface area contributed by atoms with E-state index in [0.717, 1.165) is 16.8 Å².